The molecule has 28 heavy (non-hydrogen) atoms. The minimum Gasteiger partial charge on any atom is -0.0912 e. The maximum absolute atomic E-state index is 6.98. The van der Waals surface area contributed by atoms with Gasteiger partial charge in [-0.15, -0.1) is 0 Å². The molecular weight excluding hydrogens is 477 g/mol. The average Bonchev–Trinajstić information content (AvgIpc) is 2.59. The highest BCUT2D eigenvalue weighted by atomic mass is 35.5. The second-order valence-corrected chi connectivity index (χ2v) is 11.3. The van der Waals surface area contributed by atoms with Crippen LogP contribution < -0.4 is 0 Å². The molecule has 0 saturated carbocycles. The number of hydrogen-bond acceptors (Lipinski definition) is 0. The van der Waals surface area contributed by atoms with Crippen LogP contribution in [0.4, 0.5) is 0 Å². The lowest BCUT2D eigenvalue weighted by Gasteiger charge is -2.43. The summed E-state index contributed by atoms with van der Waals surface area (Å²) in [7, 11) is 0. The average molecular weight is 495 g/mol. The zero-order valence-electron chi connectivity index (χ0n) is 15.8. The van der Waals surface area contributed by atoms with Crippen LogP contribution in [0.5, 0.6) is 0 Å². The highest BCUT2D eigenvalue weighted by molar-refractivity contribution is 6.57. The van der Waals surface area contributed by atoms with Crippen LogP contribution >= 0.6 is 69.6 Å². The Morgan fingerprint density at radius 3 is 1.79 bits per heavy atom. The summed E-state index contributed by atoms with van der Waals surface area (Å²) in [6.45, 7) is 8.23. The Morgan fingerprint density at radius 2 is 1.29 bits per heavy atom. The van der Waals surface area contributed by atoms with Gasteiger partial charge in [0.15, 0.2) is 8.67 Å². The van der Waals surface area contributed by atoms with E-state index >= 15 is 0 Å². The molecule has 0 amide bonds. The minimum absolute atomic E-state index is 0.279. The van der Waals surface area contributed by atoms with Gasteiger partial charge >= 0.3 is 0 Å². The number of alkyl halides is 4. The van der Waals surface area contributed by atoms with Crippen molar-refractivity contribution in [3.05, 3.63) is 67.2 Å². The van der Waals surface area contributed by atoms with Crippen LogP contribution in [-0.2, 0) is 8.67 Å². The van der Waals surface area contributed by atoms with Crippen LogP contribution in [0.1, 0.15) is 42.5 Å². The normalized spacial score (nSPS) is 22.8. The van der Waals surface area contributed by atoms with E-state index < -0.39 is 8.67 Å². The molecule has 2 aliphatic carbocycles. The summed E-state index contributed by atoms with van der Waals surface area (Å²) in [4.78, 5) is 0. The molecule has 0 heterocycles. The summed E-state index contributed by atoms with van der Waals surface area (Å²) in [6.07, 6.45) is 2.64. The first-order valence-electron chi connectivity index (χ1n) is 8.99. The fraction of sp³-hybridized carbons (Fsp3) is 0.364. The smallest absolute Gasteiger partial charge is 0.0912 e. The second-order valence-electron chi connectivity index (χ2n) is 7.89. The van der Waals surface area contributed by atoms with Crippen molar-refractivity contribution in [1.29, 1.82) is 0 Å². The number of allylic oxidation sites excluding steroid dienone is 4. The van der Waals surface area contributed by atoms with Gasteiger partial charge in [0.1, 0.15) is 0 Å². The van der Waals surface area contributed by atoms with Crippen LogP contribution in [0.15, 0.2) is 34.9 Å². The van der Waals surface area contributed by atoms with Crippen LogP contribution in [0.25, 0.3) is 10.8 Å². The van der Waals surface area contributed by atoms with Crippen molar-refractivity contribution in [3.63, 3.8) is 0 Å². The Labute approximate surface area is 195 Å². The van der Waals surface area contributed by atoms with Gasteiger partial charge in [0.25, 0.3) is 0 Å². The zero-order chi connectivity index (χ0) is 20.8. The first-order chi connectivity index (χ1) is 12.9. The van der Waals surface area contributed by atoms with Crippen LogP contribution in [0.3, 0.4) is 0 Å². The van der Waals surface area contributed by atoms with Crippen LogP contribution in [-0.4, -0.2) is 0 Å². The lowest BCUT2D eigenvalue weighted by molar-refractivity contribution is 0.612. The fourth-order valence-electron chi connectivity index (χ4n) is 4.16. The molecule has 2 aromatic carbocycles. The van der Waals surface area contributed by atoms with E-state index in [1.165, 1.54) is 5.57 Å². The SMILES string of the molecule is CC1=CC2=C(CC1C)C(Cl)(Cl)c1c(c(Cl)c3cc(C)c(C)cc3c1Cl)C2(Cl)Cl. The van der Waals surface area contributed by atoms with E-state index in [4.69, 9.17) is 69.6 Å². The van der Waals surface area contributed by atoms with Gasteiger partial charge in [-0.05, 0) is 67.5 Å². The molecule has 0 spiro atoms. The third kappa shape index (κ3) is 2.79. The molecular formula is C22H18Cl6. The fourth-order valence-corrected chi connectivity index (χ4v) is 6.58. The number of aryl methyl sites for hydroxylation is 2. The molecule has 0 radical (unpaired) electrons. The molecule has 0 fully saturated rings. The Balaban J connectivity index is 2.18. The van der Waals surface area contributed by atoms with Gasteiger partial charge in [-0.1, -0.05) is 88.2 Å². The van der Waals surface area contributed by atoms with E-state index in [2.05, 4.69) is 13.8 Å². The van der Waals surface area contributed by atoms with Gasteiger partial charge in [0.05, 0.1) is 10.0 Å². The molecule has 148 valence electrons. The number of halogens is 6. The van der Waals surface area contributed by atoms with Crippen LogP contribution in [0.2, 0.25) is 10.0 Å². The van der Waals surface area contributed by atoms with E-state index in [0.717, 1.165) is 27.5 Å². The monoisotopic (exact) mass is 492 g/mol. The summed E-state index contributed by atoms with van der Waals surface area (Å²) in [5, 5.41) is 2.46. The topological polar surface area (TPSA) is 0 Å². The predicted octanol–water partition coefficient (Wildman–Crippen LogP) is 9.32. The van der Waals surface area contributed by atoms with Crippen molar-refractivity contribution in [2.75, 3.05) is 0 Å². The first-order valence-corrected chi connectivity index (χ1v) is 11.3. The lowest BCUT2D eigenvalue weighted by atomic mass is 9.75. The summed E-state index contributed by atoms with van der Waals surface area (Å²) >= 11 is 41.7. The molecule has 0 bridgehead atoms. The van der Waals surface area contributed by atoms with E-state index in [-0.39, 0.29) is 5.92 Å². The maximum atomic E-state index is 6.98. The molecule has 6 heteroatoms. The standard InChI is InChI=1S/C22H18Cl6/c1-9-5-13-14(6-10(9)2)20(24)18-17(19(13)23)21(25,26)15-7-11(3)12(4)8-16(15)22(18,27)28/h5-7,12H,8H2,1-4H3. The molecule has 0 nitrogen and oxygen atoms in total. The van der Waals surface area contributed by atoms with Crippen LogP contribution in [0, 0.1) is 19.8 Å². The van der Waals surface area contributed by atoms with E-state index in [9.17, 15) is 0 Å². The molecule has 4 rings (SSSR count). The van der Waals surface area contributed by atoms with Gasteiger partial charge in [-0.3, -0.25) is 0 Å². The van der Waals surface area contributed by atoms with Gasteiger partial charge in [-0.25, -0.2) is 0 Å². The van der Waals surface area contributed by atoms with E-state index in [0.29, 0.717) is 33.2 Å². The Morgan fingerprint density at radius 1 is 0.821 bits per heavy atom. The van der Waals surface area contributed by atoms with Gasteiger partial charge in [0.2, 0.25) is 0 Å². The summed E-state index contributed by atoms with van der Waals surface area (Å²) < 4.78 is -2.76. The third-order valence-corrected chi connectivity index (χ3v) is 8.53. The number of fused-ring (bicyclic) bond motifs is 2. The van der Waals surface area contributed by atoms with E-state index in [1.54, 1.807) is 0 Å². The van der Waals surface area contributed by atoms with E-state index in [1.807, 2.05) is 32.1 Å². The molecule has 0 N–H and O–H groups in total. The number of hydrogen-bond donors (Lipinski definition) is 0. The Kier molecular flexibility index (Phi) is 5.07. The molecule has 1 unspecified atom stereocenters. The zero-order valence-corrected chi connectivity index (χ0v) is 20.3. The molecule has 0 saturated heterocycles. The Hall–Kier alpha value is -0.0800. The Bertz CT molecular complexity index is 1100. The third-order valence-electron chi connectivity index (χ3n) is 6.13. The van der Waals surface area contributed by atoms with Gasteiger partial charge < -0.3 is 0 Å². The van der Waals surface area contributed by atoms with Crippen molar-refractivity contribution < 1.29 is 0 Å². The second kappa shape index (κ2) is 6.71. The predicted molar refractivity (Wildman–Crippen MR) is 125 cm³/mol. The van der Waals surface area contributed by atoms with Crippen molar-refractivity contribution in [3.8, 4) is 0 Å². The van der Waals surface area contributed by atoms with Gasteiger partial charge in [-0.2, -0.15) is 0 Å². The highest BCUT2D eigenvalue weighted by Gasteiger charge is 2.52. The largest absolute Gasteiger partial charge is 0.170 e. The molecule has 2 aromatic rings. The van der Waals surface area contributed by atoms with Crippen molar-refractivity contribution >= 4 is 80.4 Å². The molecule has 0 aromatic heterocycles. The lowest BCUT2D eigenvalue weighted by Crippen LogP contribution is -2.34. The first kappa shape index (κ1) is 21.2. The quantitative estimate of drug-likeness (QED) is 0.320. The van der Waals surface area contributed by atoms with Crippen molar-refractivity contribution in [1.82, 2.24) is 0 Å². The van der Waals surface area contributed by atoms with Gasteiger partial charge in [0, 0.05) is 21.9 Å². The maximum Gasteiger partial charge on any atom is 0.170 e. The molecule has 2 aliphatic rings. The minimum atomic E-state index is -1.40. The summed E-state index contributed by atoms with van der Waals surface area (Å²) in [5.41, 5.74) is 5.82. The number of rotatable bonds is 0. The van der Waals surface area contributed by atoms with Crippen molar-refractivity contribution in [2.24, 2.45) is 5.92 Å². The molecule has 0 aliphatic heterocycles. The highest BCUT2D eigenvalue weighted by Crippen LogP contribution is 2.64. The number of benzene rings is 2. The summed E-state index contributed by atoms with van der Waals surface area (Å²) in [6, 6.07) is 4.01. The van der Waals surface area contributed by atoms with Crippen molar-refractivity contribution in [2.45, 2.75) is 42.8 Å². The molecule has 1 atom stereocenters. The summed E-state index contributed by atoms with van der Waals surface area (Å²) in [5.74, 6) is 0.279.